The molecule has 0 radical (unpaired) electrons. The molecule has 0 saturated carbocycles. The number of halogens is 1. The number of rotatable bonds is 1. The molecule has 15 heavy (non-hydrogen) atoms. The molecule has 0 aliphatic heterocycles. The average Bonchev–Trinajstić information content (AvgIpc) is 2.45. The second-order valence-corrected chi connectivity index (χ2v) is 4.80. The van der Waals surface area contributed by atoms with Crippen LogP contribution in [0.4, 0.5) is 0 Å². The van der Waals surface area contributed by atoms with Gasteiger partial charge in [-0.3, -0.25) is 0 Å². The fourth-order valence-corrected chi connectivity index (χ4v) is 2.04. The first-order chi connectivity index (χ1) is 6.91. The molecular weight excluding hydrogens is 210 g/mol. The highest BCUT2D eigenvalue weighted by molar-refractivity contribution is 6.34. The average molecular weight is 224 g/mol. The first-order valence-electron chi connectivity index (χ1n) is 4.88. The first-order valence-corrected chi connectivity index (χ1v) is 5.26. The molecule has 0 aliphatic carbocycles. The van der Waals surface area contributed by atoms with Crippen molar-refractivity contribution in [2.45, 2.75) is 26.3 Å². The summed E-state index contributed by atoms with van der Waals surface area (Å²) in [7, 11) is 0. The van der Waals surface area contributed by atoms with E-state index in [0.29, 0.717) is 5.02 Å². The van der Waals surface area contributed by atoms with Gasteiger partial charge in [0.05, 0.1) is 10.6 Å². The lowest BCUT2D eigenvalue weighted by Crippen LogP contribution is -2.28. The molecule has 3 heteroatoms. The van der Waals surface area contributed by atoms with E-state index in [0.717, 1.165) is 22.3 Å². The van der Waals surface area contributed by atoms with Crippen molar-refractivity contribution in [3.05, 3.63) is 34.5 Å². The zero-order chi connectivity index (χ0) is 11.2. The fourth-order valence-electron chi connectivity index (χ4n) is 1.82. The van der Waals surface area contributed by atoms with Crippen molar-refractivity contribution in [1.82, 2.24) is 0 Å². The van der Waals surface area contributed by atoms with Crippen LogP contribution < -0.4 is 5.73 Å². The van der Waals surface area contributed by atoms with Gasteiger partial charge >= 0.3 is 0 Å². The van der Waals surface area contributed by atoms with Gasteiger partial charge in [0.25, 0.3) is 0 Å². The molecule has 1 aromatic heterocycles. The molecule has 80 valence electrons. The van der Waals surface area contributed by atoms with E-state index in [1.807, 2.05) is 39.0 Å². The normalized spacial score (nSPS) is 12.3. The highest BCUT2D eigenvalue weighted by Crippen LogP contribution is 2.34. The van der Waals surface area contributed by atoms with Crippen LogP contribution in [-0.4, -0.2) is 0 Å². The summed E-state index contributed by atoms with van der Waals surface area (Å²) in [5.41, 5.74) is 7.35. The Bertz CT molecular complexity index is 508. The van der Waals surface area contributed by atoms with Crippen molar-refractivity contribution >= 4 is 22.6 Å². The van der Waals surface area contributed by atoms with Crippen LogP contribution in [0, 0.1) is 6.92 Å². The summed E-state index contributed by atoms with van der Waals surface area (Å²) < 4.78 is 5.74. The second kappa shape index (κ2) is 3.26. The molecule has 2 nitrogen and oxygen atoms in total. The smallest absolute Gasteiger partial charge is 0.153 e. The summed E-state index contributed by atoms with van der Waals surface area (Å²) >= 11 is 6.06. The van der Waals surface area contributed by atoms with Gasteiger partial charge in [-0.1, -0.05) is 23.7 Å². The topological polar surface area (TPSA) is 39.2 Å². The van der Waals surface area contributed by atoms with Gasteiger partial charge < -0.3 is 10.2 Å². The van der Waals surface area contributed by atoms with Crippen LogP contribution in [0.3, 0.4) is 0 Å². The zero-order valence-corrected chi connectivity index (χ0v) is 9.85. The number of benzene rings is 1. The predicted octanol–water partition coefficient (Wildman–Crippen LogP) is 3.59. The van der Waals surface area contributed by atoms with Crippen LogP contribution in [0.1, 0.15) is 25.2 Å². The molecule has 2 N–H and O–H groups in total. The molecule has 0 bridgehead atoms. The van der Waals surface area contributed by atoms with Gasteiger partial charge in [0.15, 0.2) is 5.58 Å². The van der Waals surface area contributed by atoms with Crippen molar-refractivity contribution in [1.29, 1.82) is 0 Å². The minimum Gasteiger partial charge on any atom is -0.457 e. The quantitative estimate of drug-likeness (QED) is 0.803. The van der Waals surface area contributed by atoms with E-state index in [1.165, 1.54) is 0 Å². The standard InChI is InChI=1S/C12H14ClNO/c1-7-8-5-4-6-9(13)10(8)15-11(7)12(2,3)14/h4-6H,14H2,1-3H3. The molecule has 0 amide bonds. The molecule has 2 aromatic rings. The molecule has 0 saturated heterocycles. The lowest BCUT2D eigenvalue weighted by molar-refractivity contribution is 0.410. The van der Waals surface area contributed by atoms with Crippen LogP contribution in [0.25, 0.3) is 11.0 Å². The van der Waals surface area contributed by atoms with Crippen LogP contribution >= 0.6 is 11.6 Å². The molecule has 0 spiro atoms. The largest absolute Gasteiger partial charge is 0.457 e. The molecule has 0 fully saturated rings. The molecule has 2 rings (SSSR count). The summed E-state index contributed by atoms with van der Waals surface area (Å²) in [6.45, 7) is 5.85. The summed E-state index contributed by atoms with van der Waals surface area (Å²) in [6, 6.07) is 5.73. The van der Waals surface area contributed by atoms with E-state index in [-0.39, 0.29) is 0 Å². The van der Waals surface area contributed by atoms with Crippen LogP contribution in [0.5, 0.6) is 0 Å². The summed E-state index contributed by atoms with van der Waals surface area (Å²) in [5.74, 6) is 0.797. The van der Waals surface area contributed by atoms with E-state index in [2.05, 4.69) is 0 Å². The van der Waals surface area contributed by atoms with E-state index < -0.39 is 5.54 Å². The number of nitrogens with two attached hydrogens (primary N) is 1. The maximum Gasteiger partial charge on any atom is 0.153 e. The van der Waals surface area contributed by atoms with Crippen LogP contribution in [0.2, 0.25) is 5.02 Å². The van der Waals surface area contributed by atoms with Crippen LogP contribution in [-0.2, 0) is 5.54 Å². The molecule has 0 unspecified atom stereocenters. The first kappa shape index (κ1) is 10.5. The van der Waals surface area contributed by atoms with Gasteiger partial charge in [0.1, 0.15) is 5.76 Å². The lowest BCUT2D eigenvalue weighted by atomic mass is 9.99. The fraction of sp³-hybridized carbons (Fsp3) is 0.333. The maximum absolute atomic E-state index is 6.06. The number of hydrogen-bond acceptors (Lipinski definition) is 2. The number of furan rings is 1. The van der Waals surface area contributed by atoms with Gasteiger partial charge in [-0.05, 0) is 26.8 Å². The Labute approximate surface area is 94.0 Å². The van der Waals surface area contributed by atoms with E-state index >= 15 is 0 Å². The van der Waals surface area contributed by atoms with Gasteiger partial charge in [-0.25, -0.2) is 0 Å². The second-order valence-electron chi connectivity index (χ2n) is 4.39. The SMILES string of the molecule is Cc1c(C(C)(C)N)oc2c(Cl)cccc12. The van der Waals surface area contributed by atoms with Gasteiger partial charge in [-0.2, -0.15) is 0 Å². The predicted molar refractivity (Wildman–Crippen MR) is 63.2 cm³/mol. The minimum atomic E-state index is -0.480. The number of para-hydroxylation sites is 1. The summed E-state index contributed by atoms with van der Waals surface area (Å²) in [5, 5.41) is 1.67. The van der Waals surface area contributed by atoms with E-state index in [1.54, 1.807) is 0 Å². The molecule has 1 heterocycles. The van der Waals surface area contributed by atoms with Crippen molar-refractivity contribution in [3.8, 4) is 0 Å². The molecular formula is C12H14ClNO. The van der Waals surface area contributed by atoms with Crippen molar-refractivity contribution < 1.29 is 4.42 Å². The Hall–Kier alpha value is -0.990. The van der Waals surface area contributed by atoms with Gasteiger partial charge in [0, 0.05) is 10.9 Å². The summed E-state index contributed by atoms with van der Waals surface area (Å²) in [4.78, 5) is 0. The summed E-state index contributed by atoms with van der Waals surface area (Å²) in [6.07, 6.45) is 0. The highest BCUT2D eigenvalue weighted by Gasteiger charge is 2.23. The Morgan fingerprint density at radius 3 is 2.53 bits per heavy atom. The minimum absolute atomic E-state index is 0.480. The van der Waals surface area contributed by atoms with Gasteiger partial charge in [0.2, 0.25) is 0 Å². The third-order valence-corrected chi connectivity index (χ3v) is 2.80. The number of aryl methyl sites for hydroxylation is 1. The van der Waals surface area contributed by atoms with Crippen molar-refractivity contribution in [2.24, 2.45) is 5.73 Å². The Morgan fingerprint density at radius 1 is 1.33 bits per heavy atom. The van der Waals surface area contributed by atoms with E-state index in [9.17, 15) is 0 Å². The molecule has 1 aromatic carbocycles. The van der Waals surface area contributed by atoms with Gasteiger partial charge in [-0.15, -0.1) is 0 Å². The monoisotopic (exact) mass is 223 g/mol. The number of fused-ring (bicyclic) bond motifs is 1. The Kier molecular flexibility index (Phi) is 2.28. The van der Waals surface area contributed by atoms with E-state index in [4.69, 9.17) is 21.8 Å². The zero-order valence-electron chi connectivity index (χ0n) is 9.10. The van der Waals surface area contributed by atoms with Crippen molar-refractivity contribution in [2.75, 3.05) is 0 Å². The van der Waals surface area contributed by atoms with Crippen LogP contribution in [0.15, 0.2) is 22.6 Å². The third-order valence-electron chi connectivity index (χ3n) is 2.50. The third kappa shape index (κ3) is 1.64. The van der Waals surface area contributed by atoms with Crippen molar-refractivity contribution in [3.63, 3.8) is 0 Å². The molecule has 0 atom stereocenters. The number of hydrogen-bond donors (Lipinski definition) is 1. The Morgan fingerprint density at radius 2 is 2.00 bits per heavy atom. The highest BCUT2D eigenvalue weighted by atomic mass is 35.5. The molecule has 0 aliphatic rings. The Balaban J connectivity index is 2.81. The maximum atomic E-state index is 6.06. The lowest BCUT2D eigenvalue weighted by Gasteiger charge is -2.15.